The van der Waals surface area contributed by atoms with Crippen molar-refractivity contribution in [2.45, 2.75) is 65.5 Å². The largest absolute Gasteiger partial charge is 0.493 e. The Morgan fingerprint density at radius 2 is 2.17 bits per heavy atom. The molecule has 0 amide bonds. The lowest BCUT2D eigenvalue weighted by Gasteiger charge is -2.25. The Kier molecular flexibility index (Phi) is 7.49. The number of hydrogen-bond donors (Lipinski definition) is 2. The second-order valence-corrected chi connectivity index (χ2v) is 7.83. The lowest BCUT2D eigenvalue weighted by Crippen LogP contribution is -2.47. The van der Waals surface area contributed by atoms with Gasteiger partial charge in [0.1, 0.15) is 11.6 Å². The Morgan fingerprint density at radius 1 is 1.34 bits per heavy atom. The Morgan fingerprint density at radius 3 is 2.93 bits per heavy atom. The van der Waals surface area contributed by atoms with Crippen molar-refractivity contribution in [3.63, 3.8) is 0 Å². The third kappa shape index (κ3) is 5.95. The minimum absolute atomic E-state index is 0.310. The van der Waals surface area contributed by atoms with Crippen LogP contribution in [0.5, 0.6) is 5.75 Å². The Hall–Kier alpha value is -2.57. The number of rotatable bonds is 8. The van der Waals surface area contributed by atoms with Crippen molar-refractivity contribution < 1.29 is 4.74 Å². The summed E-state index contributed by atoms with van der Waals surface area (Å²) in [6, 6.07) is 8.41. The highest BCUT2D eigenvalue weighted by Crippen LogP contribution is 2.17. The molecule has 0 radical (unpaired) electrons. The summed E-state index contributed by atoms with van der Waals surface area (Å²) in [5.74, 6) is 4.21. The molecule has 0 aliphatic carbocycles. The molecule has 2 aromatic rings. The van der Waals surface area contributed by atoms with E-state index in [1.807, 2.05) is 18.2 Å². The van der Waals surface area contributed by atoms with Crippen LogP contribution in [0.3, 0.4) is 0 Å². The predicted molar refractivity (Wildman–Crippen MR) is 117 cm³/mol. The fraction of sp³-hybridized carbons (Fsp3) is 0.591. The first-order valence-corrected chi connectivity index (χ1v) is 10.7. The molecule has 7 heteroatoms. The molecule has 0 bridgehead atoms. The summed E-state index contributed by atoms with van der Waals surface area (Å²) in [6.07, 6.45) is 2.86. The number of guanidine groups is 1. The van der Waals surface area contributed by atoms with Gasteiger partial charge in [0.2, 0.25) is 0 Å². The first-order chi connectivity index (χ1) is 14.1. The lowest BCUT2D eigenvalue weighted by molar-refractivity contribution is 0.311. The van der Waals surface area contributed by atoms with E-state index in [1.54, 1.807) is 0 Å². The highest BCUT2D eigenvalue weighted by molar-refractivity contribution is 5.80. The molecule has 1 aromatic heterocycles. The molecule has 1 atom stereocenters. The van der Waals surface area contributed by atoms with Crippen LogP contribution in [0.25, 0.3) is 0 Å². The van der Waals surface area contributed by atoms with Crippen molar-refractivity contribution in [2.24, 2.45) is 4.99 Å². The number of fused-ring (bicyclic) bond motifs is 1. The summed E-state index contributed by atoms with van der Waals surface area (Å²) < 4.78 is 7.91. The van der Waals surface area contributed by atoms with Gasteiger partial charge in [-0.25, -0.2) is 9.67 Å². The van der Waals surface area contributed by atoms with Gasteiger partial charge in [-0.2, -0.15) is 5.10 Å². The molecule has 0 fully saturated rings. The lowest BCUT2D eigenvalue weighted by atomic mass is 10.1. The van der Waals surface area contributed by atoms with E-state index in [2.05, 4.69) is 59.2 Å². The predicted octanol–water partition coefficient (Wildman–Crippen LogP) is 3.05. The third-order valence-electron chi connectivity index (χ3n) is 5.00. The van der Waals surface area contributed by atoms with Crippen molar-refractivity contribution in [1.82, 2.24) is 25.4 Å². The van der Waals surface area contributed by atoms with Crippen LogP contribution in [0, 0.1) is 6.92 Å². The zero-order chi connectivity index (χ0) is 20.6. The van der Waals surface area contributed by atoms with Crippen molar-refractivity contribution in [3.8, 4) is 5.75 Å². The van der Waals surface area contributed by atoms with E-state index in [4.69, 9.17) is 9.73 Å². The number of nitrogens with one attached hydrogen (secondary N) is 2. The van der Waals surface area contributed by atoms with Gasteiger partial charge in [0, 0.05) is 37.9 Å². The molecule has 1 aliphatic heterocycles. The number of nitrogens with zero attached hydrogens (tertiary/aromatic N) is 4. The van der Waals surface area contributed by atoms with E-state index in [1.165, 1.54) is 0 Å². The molecular formula is C22H34N6O. The quantitative estimate of drug-likeness (QED) is 0.406. The van der Waals surface area contributed by atoms with Gasteiger partial charge in [0.05, 0.1) is 13.2 Å². The van der Waals surface area contributed by atoms with Crippen LogP contribution in [0.1, 0.15) is 56.7 Å². The second kappa shape index (κ2) is 10.3. The molecule has 1 aliphatic rings. The fourth-order valence-electron chi connectivity index (χ4n) is 3.36. The standard InChI is InChI=1S/C22H34N6O/c1-5-23-22(24-13-8-14-29-19-10-7-6-9-17(19)4)25-18-11-12-20-26-21(16(2)3)27-28(20)15-18/h6-7,9-10,16,18H,5,8,11-15H2,1-4H3,(H2,23,24,25). The van der Waals surface area contributed by atoms with Gasteiger partial charge in [-0.1, -0.05) is 32.0 Å². The number of aryl methyl sites for hydroxylation is 2. The van der Waals surface area contributed by atoms with Crippen LogP contribution in [0.2, 0.25) is 0 Å². The normalized spacial score (nSPS) is 16.6. The van der Waals surface area contributed by atoms with Gasteiger partial charge in [-0.3, -0.25) is 4.99 Å². The smallest absolute Gasteiger partial charge is 0.191 e. The van der Waals surface area contributed by atoms with Crippen LogP contribution in [0.15, 0.2) is 29.3 Å². The number of aromatic nitrogens is 3. The highest BCUT2D eigenvalue weighted by atomic mass is 16.5. The third-order valence-corrected chi connectivity index (χ3v) is 5.00. The first kappa shape index (κ1) is 21.1. The van der Waals surface area contributed by atoms with Crippen LogP contribution in [-0.4, -0.2) is 46.5 Å². The highest BCUT2D eigenvalue weighted by Gasteiger charge is 2.23. The van der Waals surface area contributed by atoms with Crippen molar-refractivity contribution >= 4 is 5.96 Å². The van der Waals surface area contributed by atoms with Crippen LogP contribution in [-0.2, 0) is 13.0 Å². The fourth-order valence-corrected chi connectivity index (χ4v) is 3.36. The monoisotopic (exact) mass is 398 g/mol. The molecule has 0 spiro atoms. The molecule has 0 saturated heterocycles. The molecule has 2 N–H and O–H groups in total. The molecule has 158 valence electrons. The van der Waals surface area contributed by atoms with E-state index in [0.717, 1.165) is 67.8 Å². The molecule has 2 heterocycles. The maximum absolute atomic E-state index is 5.86. The number of benzene rings is 1. The number of para-hydroxylation sites is 1. The second-order valence-electron chi connectivity index (χ2n) is 7.83. The minimum Gasteiger partial charge on any atom is -0.493 e. The number of hydrogen-bond acceptors (Lipinski definition) is 4. The zero-order valence-electron chi connectivity index (χ0n) is 18.1. The maximum atomic E-state index is 5.86. The summed E-state index contributed by atoms with van der Waals surface area (Å²) in [4.78, 5) is 9.39. The average Bonchev–Trinajstić information content (AvgIpc) is 3.13. The van der Waals surface area contributed by atoms with E-state index in [9.17, 15) is 0 Å². The Balaban J connectivity index is 1.48. The van der Waals surface area contributed by atoms with Gasteiger partial charge in [-0.05, 0) is 31.9 Å². The van der Waals surface area contributed by atoms with Crippen molar-refractivity contribution in [1.29, 1.82) is 0 Å². The van der Waals surface area contributed by atoms with Gasteiger partial charge in [0.15, 0.2) is 11.8 Å². The van der Waals surface area contributed by atoms with E-state index >= 15 is 0 Å². The molecule has 7 nitrogen and oxygen atoms in total. The van der Waals surface area contributed by atoms with Crippen LogP contribution in [0.4, 0.5) is 0 Å². The molecule has 1 unspecified atom stereocenters. The summed E-state index contributed by atoms with van der Waals surface area (Å²) in [7, 11) is 0. The topological polar surface area (TPSA) is 76.4 Å². The summed E-state index contributed by atoms with van der Waals surface area (Å²) in [5.41, 5.74) is 1.16. The molecule has 3 rings (SSSR count). The average molecular weight is 399 g/mol. The molecule has 1 aromatic carbocycles. The van der Waals surface area contributed by atoms with Gasteiger partial charge in [0.25, 0.3) is 0 Å². The maximum Gasteiger partial charge on any atom is 0.191 e. The Labute approximate surface area is 174 Å². The van der Waals surface area contributed by atoms with Gasteiger partial charge >= 0.3 is 0 Å². The van der Waals surface area contributed by atoms with Crippen LogP contribution >= 0.6 is 0 Å². The molecule has 0 saturated carbocycles. The van der Waals surface area contributed by atoms with Crippen molar-refractivity contribution in [2.75, 3.05) is 19.7 Å². The molecular weight excluding hydrogens is 364 g/mol. The van der Waals surface area contributed by atoms with E-state index in [0.29, 0.717) is 18.6 Å². The summed E-state index contributed by atoms with van der Waals surface area (Å²) >= 11 is 0. The van der Waals surface area contributed by atoms with E-state index in [-0.39, 0.29) is 0 Å². The summed E-state index contributed by atoms with van der Waals surface area (Å²) in [5, 5.41) is 11.6. The van der Waals surface area contributed by atoms with E-state index < -0.39 is 0 Å². The number of ether oxygens (including phenoxy) is 1. The number of aliphatic imine (C=N–C) groups is 1. The van der Waals surface area contributed by atoms with Gasteiger partial charge in [-0.15, -0.1) is 0 Å². The van der Waals surface area contributed by atoms with Crippen LogP contribution < -0.4 is 15.4 Å². The first-order valence-electron chi connectivity index (χ1n) is 10.7. The minimum atomic E-state index is 0.310. The SMILES string of the molecule is CCNC(=NCCCOc1ccccc1C)NC1CCc2nc(C(C)C)nn2C1. The van der Waals surface area contributed by atoms with Crippen molar-refractivity contribution in [3.05, 3.63) is 41.5 Å². The summed E-state index contributed by atoms with van der Waals surface area (Å²) in [6.45, 7) is 11.5. The molecule has 29 heavy (non-hydrogen) atoms. The Bertz CT molecular complexity index is 813. The van der Waals surface area contributed by atoms with Gasteiger partial charge < -0.3 is 15.4 Å². The zero-order valence-corrected chi connectivity index (χ0v) is 18.1.